The first kappa shape index (κ1) is 11.3. The highest BCUT2D eigenvalue weighted by Crippen LogP contribution is 2.36. The van der Waals surface area contributed by atoms with Crippen molar-refractivity contribution in [1.29, 1.82) is 0 Å². The van der Waals surface area contributed by atoms with Crippen LogP contribution in [0.1, 0.15) is 0 Å². The summed E-state index contributed by atoms with van der Waals surface area (Å²) in [6.45, 7) is 4.46. The average Bonchev–Trinajstić information content (AvgIpc) is 2.93. The van der Waals surface area contributed by atoms with E-state index < -0.39 is 8.32 Å². The Kier molecular flexibility index (Phi) is 1.87. The molecule has 4 aromatic rings. The third kappa shape index (κ3) is 1.26. The van der Waals surface area contributed by atoms with Crippen LogP contribution in [0.5, 0.6) is 5.75 Å². The van der Waals surface area contributed by atoms with Gasteiger partial charge in [-0.05, 0) is 24.5 Å². The molecule has 2 aromatic carbocycles. The third-order valence-electron chi connectivity index (χ3n) is 4.42. The minimum Gasteiger partial charge on any atom is -0.537 e. The molecular formula is C17H14N2OSi. The van der Waals surface area contributed by atoms with E-state index in [0.29, 0.717) is 0 Å². The summed E-state index contributed by atoms with van der Waals surface area (Å²) in [4.78, 5) is 4.71. The van der Waals surface area contributed by atoms with Crippen molar-refractivity contribution in [2.24, 2.45) is 0 Å². The molecule has 3 nitrogen and oxygen atoms in total. The van der Waals surface area contributed by atoms with Crippen molar-refractivity contribution in [2.45, 2.75) is 13.1 Å². The number of rotatable bonds is 0. The Balaban J connectivity index is 2.21. The number of hydrogen-bond acceptors (Lipinski definition) is 2. The average molecular weight is 290 g/mol. The van der Waals surface area contributed by atoms with E-state index >= 15 is 0 Å². The summed E-state index contributed by atoms with van der Waals surface area (Å²) < 4.78 is 8.69. The SMILES string of the molecule is C[Si]1(C)Oc2cccc3c4ccccc4c4ncc1n4c23. The molecule has 0 fully saturated rings. The highest BCUT2D eigenvalue weighted by molar-refractivity contribution is 6.85. The molecule has 21 heavy (non-hydrogen) atoms. The van der Waals surface area contributed by atoms with Crippen molar-refractivity contribution in [3.05, 3.63) is 48.7 Å². The molecule has 0 aliphatic carbocycles. The normalized spacial score (nSPS) is 15.9. The Morgan fingerprint density at radius 1 is 0.952 bits per heavy atom. The number of benzene rings is 2. The Labute approximate surface area is 122 Å². The maximum atomic E-state index is 6.37. The zero-order chi connectivity index (χ0) is 14.2. The molecule has 3 heterocycles. The Morgan fingerprint density at radius 2 is 1.71 bits per heavy atom. The minimum absolute atomic E-state index is 0.991. The maximum Gasteiger partial charge on any atom is 0.295 e. The van der Waals surface area contributed by atoms with Gasteiger partial charge in [0.2, 0.25) is 0 Å². The molecule has 5 rings (SSSR count). The van der Waals surface area contributed by atoms with Crippen LogP contribution in [-0.4, -0.2) is 17.7 Å². The number of aromatic nitrogens is 2. The van der Waals surface area contributed by atoms with Crippen LogP contribution in [0.3, 0.4) is 0 Å². The lowest BCUT2D eigenvalue weighted by molar-refractivity contribution is 0.561. The van der Waals surface area contributed by atoms with Gasteiger partial charge in [-0.3, -0.25) is 4.40 Å². The van der Waals surface area contributed by atoms with Gasteiger partial charge in [0.15, 0.2) is 0 Å². The molecule has 1 aliphatic heterocycles. The fourth-order valence-electron chi connectivity index (χ4n) is 3.49. The number of nitrogens with zero attached hydrogens (tertiary/aromatic N) is 2. The highest BCUT2D eigenvalue weighted by Gasteiger charge is 2.36. The molecule has 102 valence electrons. The molecule has 0 atom stereocenters. The Hall–Kier alpha value is -2.33. The van der Waals surface area contributed by atoms with E-state index in [1.54, 1.807) is 0 Å². The second kappa shape index (κ2) is 3.46. The molecule has 4 heteroatoms. The standard InChI is InChI=1S/C17H14N2OSi/c1-21(2)15-10-18-17-13-7-4-3-6-11(13)12-8-5-9-14(20-21)16(12)19(15)17/h3-10H,1-2H3. The van der Waals surface area contributed by atoms with Crippen molar-refractivity contribution in [3.63, 3.8) is 0 Å². The predicted molar refractivity (Wildman–Crippen MR) is 87.9 cm³/mol. The second-order valence-electron chi connectivity index (χ2n) is 6.11. The maximum absolute atomic E-state index is 6.37. The van der Waals surface area contributed by atoms with E-state index in [4.69, 9.17) is 9.41 Å². The molecule has 0 spiro atoms. The van der Waals surface area contributed by atoms with Gasteiger partial charge in [0.05, 0.1) is 10.8 Å². The lowest BCUT2D eigenvalue weighted by Crippen LogP contribution is -2.52. The molecular weight excluding hydrogens is 276 g/mol. The quantitative estimate of drug-likeness (QED) is 0.366. The Morgan fingerprint density at radius 3 is 2.57 bits per heavy atom. The molecule has 2 aromatic heterocycles. The van der Waals surface area contributed by atoms with Gasteiger partial charge in [0, 0.05) is 17.0 Å². The van der Waals surface area contributed by atoms with Crippen molar-refractivity contribution in [3.8, 4) is 5.75 Å². The van der Waals surface area contributed by atoms with Crippen molar-refractivity contribution in [2.75, 3.05) is 0 Å². The first-order chi connectivity index (χ1) is 10.2. The van der Waals surface area contributed by atoms with Crippen molar-refractivity contribution < 1.29 is 4.43 Å². The van der Waals surface area contributed by atoms with Crippen LogP contribution in [0.15, 0.2) is 48.7 Å². The van der Waals surface area contributed by atoms with Crippen molar-refractivity contribution in [1.82, 2.24) is 9.38 Å². The fraction of sp³-hybridized carbons (Fsp3) is 0.118. The summed E-state index contributed by atoms with van der Waals surface area (Å²) >= 11 is 0. The molecule has 0 amide bonds. The molecule has 0 saturated heterocycles. The second-order valence-corrected chi connectivity index (χ2v) is 9.85. The molecule has 1 aliphatic rings. The van der Waals surface area contributed by atoms with Gasteiger partial charge in [-0.1, -0.05) is 36.4 Å². The van der Waals surface area contributed by atoms with Crippen molar-refractivity contribution >= 4 is 41.0 Å². The van der Waals surface area contributed by atoms with Crippen LogP contribution in [0, 0.1) is 0 Å². The number of hydrogen-bond donors (Lipinski definition) is 0. The summed E-state index contributed by atoms with van der Waals surface area (Å²) in [5, 5.41) is 4.93. The van der Waals surface area contributed by atoms with Crippen LogP contribution in [0.2, 0.25) is 13.1 Å². The number of para-hydroxylation sites is 1. The van der Waals surface area contributed by atoms with E-state index in [9.17, 15) is 0 Å². The first-order valence-electron chi connectivity index (χ1n) is 7.17. The summed E-state index contributed by atoms with van der Waals surface area (Å²) in [6.07, 6.45) is 2.00. The monoisotopic (exact) mass is 290 g/mol. The summed E-state index contributed by atoms with van der Waals surface area (Å²) in [5.41, 5.74) is 2.20. The van der Waals surface area contributed by atoms with E-state index in [1.807, 2.05) is 6.20 Å². The van der Waals surface area contributed by atoms with E-state index in [0.717, 1.165) is 16.9 Å². The fourth-order valence-corrected chi connectivity index (χ4v) is 5.44. The van der Waals surface area contributed by atoms with E-state index in [-0.39, 0.29) is 0 Å². The van der Waals surface area contributed by atoms with Gasteiger partial charge in [-0.25, -0.2) is 4.98 Å². The van der Waals surface area contributed by atoms with E-state index in [1.165, 1.54) is 21.5 Å². The zero-order valence-electron chi connectivity index (χ0n) is 11.9. The van der Waals surface area contributed by atoms with Gasteiger partial charge in [0.1, 0.15) is 11.4 Å². The van der Waals surface area contributed by atoms with Crippen LogP contribution >= 0.6 is 0 Å². The predicted octanol–water partition coefficient (Wildman–Crippen LogP) is 3.45. The largest absolute Gasteiger partial charge is 0.537 e. The lowest BCUT2D eigenvalue weighted by atomic mass is 10.1. The summed E-state index contributed by atoms with van der Waals surface area (Å²) in [6, 6.07) is 14.8. The third-order valence-corrected chi connectivity index (χ3v) is 6.74. The highest BCUT2D eigenvalue weighted by atomic mass is 28.4. The smallest absolute Gasteiger partial charge is 0.295 e. The van der Waals surface area contributed by atoms with Gasteiger partial charge in [0.25, 0.3) is 8.32 Å². The molecule has 0 N–H and O–H groups in total. The van der Waals surface area contributed by atoms with Gasteiger partial charge >= 0.3 is 0 Å². The Bertz CT molecular complexity index is 1050. The first-order valence-corrected chi connectivity index (χ1v) is 10.1. The molecule has 0 bridgehead atoms. The zero-order valence-corrected chi connectivity index (χ0v) is 12.9. The summed E-state index contributed by atoms with van der Waals surface area (Å²) in [7, 11) is -1.95. The lowest BCUT2D eigenvalue weighted by Gasteiger charge is -2.30. The number of imidazole rings is 1. The van der Waals surface area contributed by atoms with Gasteiger partial charge in [-0.2, -0.15) is 0 Å². The van der Waals surface area contributed by atoms with Crippen LogP contribution < -0.4 is 9.74 Å². The van der Waals surface area contributed by atoms with Gasteiger partial charge < -0.3 is 4.43 Å². The molecule has 0 saturated carbocycles. The molecule has 0 radical (unpaired) electrons. The van der Waals surface area contributed by atoms with Crippen LogP contribution in [0.4, 0.5) is 0 Å². The van der Waals surface area contributed by atoms with Gasteiger partial charge in [-0.15, -0.1) is 0 Å². The minimum atomic E-state index is -1.95. The van der Waals surface area contributed by atoms with Crippen LogP contribution in [-0.2, 0) is 0 Å². The van der Waals surface area contributed by atoms with Crippen LogP contribution in [0.25, 0.3) is 27.3 Å². The summed E-state index contributed by atoms with van der Waals surface area (Å²) in [5.74, 6) is 0.991. The number of fused-ring (bicyclic) bond motifs is 3. The topological polar surface area (TPSA) is 26.5 Å². The molecule has 0 unspecified atom stereocenters. The number of pyridine rings is 1. The van der Waals surface area contributed by atoms with E-state index in [2.05, 4.69) is 60.0 Å².